The van der Waals surface area contributed by atoms with E-state index in [9.17, 15) is 0 Å². The third-order valence-corrected chi connectivity index (χ3v) is 2.70. The average Bonchev–Trinajstić information content (AvgIpc) is 2.30. The Morgan fingerprint density at radius 3 is 2.50 bits per heavy atom. The number of rotatable bonds is 2. The Hall–Kier alpha value is -1.62. The molecule has 82 valence electrons. The van der Waals surface area contributed by atoms with Crippen molar-refractivity contribution < 1.29 is 4.74 Å². The van der Waals surface area contributed by atoms with Crippen molar-refractivity contribution in [1.29, 1.82) is 0 Å². The SMILES string of the molecule is COc1ccc(-c2ncc(N)cn2)cc1Br. The molecule has 1 aromatic heterocycles. The molecule has 0 aliphatic carbocycles. The molecule has 1 heterocycles. The predicted molar refractivity (Wildman–Crippen MR) is 66.1 cm³/mol. The Bertz CT molecular complexity index is 499. The van der Waals surface area contributed by atoms with Crippen molar-refractivity contribution in [2.24, 2.45) is 0 Å². The van der Waals surface area contributed by atoms with Gasteiger partial charge >= 0.3 is 0 Å². The third-order valence-electron chi connectivity index (χ3n) is 2.08. The van der Waals surface area contributed by atoms with Gasteiger partial charge in [-0.05, 0) is 34.1 Å². The number of nitrogen functional groups attached to an aromatic ring is 1. The molecule has 0 aliphatic rings. The van der Waals surface area contributed by atoms with E-state index in [2.05, 4.69) is 25.9 Å². The van der Waals surface area contributed by atoms with E-state index >= 15 is 0 Å². The van der Waals surface area contributed by atoms with Crippen LogP contribution in [0.25, 0.3) is 11.4 Å². The summed E-state index contributed by atoms with van der Waals surface area (Å²) in [6.45, 7) is 0. The van der Waals surface area contributed by atoms with Gasteiger partial charge in [0.05, 0.1) is 29.7 Å². The van der Waals surface area contributed by atoms with Crippen LogP contribution < -0.4 is 10.5 Å². The standard InChI is InChI=1S/C11H10BrN3O/c1-16-10-3-2-7(4-9(10)12)11-14-5-8(13)6-15-11/h2-6H,13H2,1H3. The molecule has 0 saturated heterocycles. The molecule has 4 nitrogen and oxygen atoms in total. The second kappa shape index (κ2) is 4.49. The van der Waals surface area contributed by atoms with Gasteiger partial charge in [0.2, 0.25) is 0 Å². The Morgan fingerprint density at radius 1 is 1.25 bits per heavy atom. The highest BCUT2D eigenvalue weighted by Gasteiger charge is 2.05. The number of ether oxygens (including phenoxy) is 1. The van der Waals surface area contributed by atoms with E-state index in [1.165, 1.54) is 0 Å². The second-order valence-electron chi connectivity index (χ2n) is 3.19. The minimum absolute atomic E-state index is 0.552. The minimum atomic E-state index is 0.552. The van der Waals surface area contributed by atoms with Gasteiger partial charge in [0.1, 0.15) is 5.75 Å². The first kappa shape index (κ1) is 10.9. The molecule has 0 unspecified atom stereocenters. The highest BCUT2D eigenvalue weighted by atomic mass is 79.9. The fourth-order valence-corrected chi connectivity index (χ4v) is 1.83. The van der Waals surface area contributed by atoms with Crippen LogP contribution in [-0.4, -0.2) is 17.1 Å². The maximum atomic E-state index is 5.53. The Kier molecular flexibility index (Phi) is 3.05. The maximum Gasteiger partial charge on any atom is 0.159 e. The van der Waals surface area contributed by atoms with Crippen molar-refractivity contribution >= 4 is 21.6 Å². The third kappa shape index (κ3) is 2.14. The number of hydrogen-bond donors (Lipinski definition) is 1. The summed E-state index contributed by atoms with van der Waals surface area (Å²) in [5, 5.41) is 0. The summed E-state index contributed by atoms with van der Waals surface area (Å²) in [6.07, 6.45) is 3.17. The molecule has 0 atom stereocenters. The summed E-state index contributed by atoms with van der Waals surface area (Å²) in [5.41, 5.74) is 6.99. The van der Waals surface area contributed by atoms with E-state index in [0.29, 0.717) is 11.5 Å². The zero-order valence-electron chi connectivity index (χ0n) is 8.64. The number of anilines is 1. The first-order chi connectivity index (χ1) is 7.70. The van der Waals surface area contributed by atoms with Crippen molar-refractivity contribution in [3.8, 4) is 17.1 Å². The monoisotopic (exact) mass is 279 g/mol. The van der Waals surface area contributed by atoms with Gasteiger partial charge in [-0.2, -0.15) is 0 Å². The van der Waals surface area contributed by atoms with Crippen molar-refractivity contribution in [3.05, 3.63) is 35.1 Å². The number of nitrogens with zero attached hydrogens (tertiary/aromatic N) is 2. The van der Waals surface area contributed by atoms with Crippen LogP contribution in [0.15, 0.2) is 35.1 Å². The van der Waals surface area contributed by atoms with Gasteiger partial charge in [0, 0.05) is 5.56 Å². The first-order valence-corrected chi connectivity index (χ1v) is 5.41. The summed E-state index contributed by atoms with van der Waals surface area (Å²) in [6, 6.07) is 5.67. The zero-order valence-corrected chi connectivity index (χ0v) is 10.2. The summed E-state index contributed by atoms with van der Waals surface area (Å²) in [5.74, 6) is 1.41. The van der Waals surface area contributed by atoms with E-state index < -0.39 is 0 Å². The quantitative estimate of drug-likeness (QED) is 0.918. The second-order valence-corrected chi connectivity index (χ2v) is 4.04. The summed E-state index contributed by atoms with van der Waals surface area (Å²) >= 11 is 3.41. The van der Waals surface area contributed by atoms with Gasteiger partial charge in [-0.1, -0.05) is 0 Å². The molecule has 0 saturated carbocycles. The lowest BCUT2D eigenvalue weighted by atomic mass is 10.2. The molecule has 0 radical (unpaired) electrons. The molecule has 16 heavy (non-hydrogen) atoms. The molecule has 1 aromatic carbocycles. The molecular weight excluding hydrogens is 270 g/mol. The first-order valence-electron chi connectivity index (χ1n) is 4.62. The van der Waals surface area contributed by atoms with E-state index in [0.717, 1.165) is 15.8 Å². The van der Waals surface area contributed by atoms with Crippen LogP contribution in [0.1, 0.15) is 0 Å². The van der Waals surface area contributed by atoms with Crippen LogP contribution >= 0.6 is 15.9 Å². The minimum Gasteiger partial charge on any atom is -0.496 e. The number of benzene rings is 1. The predicted octanol–water partition coefficient (Wildman–Crippen LogP) is 2.50. The van der Waals surface area contributed by atoms with Gasteiger partial charge in [-0.15, -0.1) is 0 Å². The van der Waals surface area contributed by atoms with E-state index in [1.54, 1.807) is 19.5 Å². The lowest BCUT2D eigenvalue weighted by molar-refractivity contribution is 0.412. The van der Waals surface area contributed by atoms with Crippen LogP contribution in [0.3, 0.4) is 0 Å². The van der Waals surface area contributed by atoms with Crippen LogP contribution in [0.4, 0.5) is 5.69 Å². The molecule has 2 N–H and O–H groups in total. The van der Waals surface area contributed by atoms with Crippen molar-refractivity contribution in [2.45, 2.75) is 0 Å². The highest BCUT2D eigenvalue weighted by Crippen LogP contribution is 2.28. The molecule has 5 heteroatoms. The lowest BCUT2D eigenvalue weighted by Crippen LogP contribution is -1.93. The molecular formula is C11H10BrN3O. The van der Waals surface area contributed by atoms with Gasteiger partial charge in [-0.3, -0.25) is 0 Å². The van der Waals surface area contributed by atoms with E-state index in [4.69, 9.17) is 10.5 Å². The van der Waals surface area contributed by atoms with Gasteiger partial charge in [-0.25, -0.2) is 9.97 Å². The summed E-state index contributed by atoms with van der Waals surface area (Å²) in [4.78, 5) is 8.29. The molecule has 0 spiro atoms. The van der Waals surface area contributed by atoms with Crippen molar-refractivity contribution in [3.63, 3.8) is 0 Å². The zero-order chi connectivity index (χ0) is 11.5. The van der Waals surface area contributed by atoms with E-state index in [-0.39, 0.29) is 0 Å². The van der Waals surface area contributed by atoms with Crippen LogP contribution in [0.5, 0.6) is 5.75 Å². The largest absolute Gasteiger partial charge is 0.496 e. The number of aromatic nitrogens is 2. The van der Waals surface area contributed by atoms with Crippen LogP contribution in [0.2, 0.25) is 0 Å². The smallest absolute Gasteiger partial charge is 0.159 e. The maximum absolute atomic E-state index is 5.53. The fraction of sp³-hybridized carbons (Fsp3) is 0.0909. The molecule has 0 amide bonds. The number of nitrogens with two attached hydrogens (primary N) is 1. The lowest BCUT2D eigenvalue weighted by Gasteiger charge is -2.05. The van der Waals surface area contributed by atoms with E-state index in [1.807, 2.05) is 18.2 Å². The summed E-state index contributed by atoms with van der Waals surface area (Å²) in [7, 11) is 1.62. The molecule has 0 bridgehead atoms. The van der Waals surface area contributed by atoms with Crippen LogP contribution in [-0.2, 0) is 0 Å². The molecule has 2 aromatic rings. The van der Waals surface area contributed by atoms with Gasteiger partial charge in [0.15, 0.2) is 5.82 Å². The van der Waals surface area contributed by atoms with Crippen molar-refractivity contribution in [2.75, 3.05) is 12.8 Å². The normalized spacial score (nSPS) is 10.1. The highest BCUT2D eigenvalue weighted by molar-refractivity contribution is 9.10. The molecule has 0 fully saturated rings. The number of hydrogen-bond acceptors (Lipinski definition) is 4. The Morgan fingerprint density at radius 2 is 1.94 bits per heavy atom. The Balaban J connectivity index is 2.41. The van der Waals surface area contributed by atoms with Crippen molar-refractivity contribution in [1.82, 2.24) is 9.97 Å². The average molecular weight is 280 g/mol. The fourth-order valence-electron chi connectivity index (χ4n) is 1.29. The Labute approximate surface area is 102 Å². The number of halogens is 1. The number of methoxy groups -OCH3 is 1. The topological polar surface area (TPSA) is 61.0 Å². The van der Waals surface area contributed by atoms with Gasteiger partial charge in [0.25, 0.3) is 0 Å². The molecule has 0 aliphatic heterocycles. The molecule has 2 rings (SSSR count). The van der Waals surface area contributed by atoms with Gasteiger partial charge < -0.3 is 10.5 Å². The summed E-state index contributed by atoms with van der Waals surface area (Å²) < 4.78 is 6.02. The van der Waals surface area contributed by atoms with Crippen LogP contribution in [0, 0.1) is 0 Å².